The monoisotopic (exact) mass is 194 g/mol. The number of aliphatic carboxylic acids is 1. The molecule has 0 aliphatic rings. The topological polar surface area (TPSA) is 54.4 Å². The largest absolute Gasteiger partial charge is 0.476 e. The van der Waals surface area contributed by atoms with Gasteiger partial charge in [-0.2, -0.15) is 0 Å². The molecule has 0 spiro atoms. The molecule has 3 nitrogen and oxygen atoms in total. The van der Waals surface area contributed by atoms with Crippen LogP contribution in [0.4, 0.5) is 0 Å². The van der Waals surface area contributed by atoms with E-state index in [9.17, 15) is 9.59 Å². The normalized spacial score (nSPS) is 9.00. The summed E-state index contributed by atoms with van der Waals surface area (Å²) in [5.41, 5.74) is 0. The van der Waals surface area contributed by atoms with Crippen molar-refractivity contribution in [2.75, 3.05) is 5.33 Å². The van der Waals surface area contributed by atoms with Gasteiger partial charge >= 0.3 is 5.97 Å². The number of alkyl halides is 1. The molecule has 0 aromatic rings. The standard InChI is InChI=1S/C5H7BrO3/c6-3-1-2-4(7)5(8)9/h1-3H2,(H,8,9). The molecule has 0 rings (SSSR count). The number of hydrogen-bond acceptors (Lipinski definition) is 2. The highest BCUT2D eigenvalue weighted by atomic mass is 79.9. The van der Waals surface area contributed by atoms with Gasteiger partial charge in [-0.05, 0) is 6.42 Å². The van der Waals surface area contributed by atoms with Crippen LogP contribution in [0.1, 0.15) is 12.8 Å². The summed E-state index contributed by atoms with van der Waals surface area (Å²) < 4.78 is 0. The highest BCUT2D eigenvalue weighted by Crippen LogP contribution is 1.94. The fraction of sp³-hybridized carbons (Fsp3) is 0.600. The van der Waals surface area contributed by atoms with Crippen molar-refractivity contribution >= 4 is 27.7 Å². The van der Waals surface area contributed by atoms with Crippen molar-refractivity contribution in [3.63, 3.8) is 0 Å². The Morgan fingerprint density at radius 1 is 1.44 bits per heavy atom. The zero-order valence-electron chi connectivity index (χ0n) is 4.76. The first-order valence-corrected chi connectivity index (χ1v) is 3.62. The van der Waals surface area contributed by atoms with Crippen molar-refractivity contribution in [1.82, 2.24) is 0 Å². The molecule has 0 aromatic carbocycles. The van der Waals surface area contributed by atoms with Gasteiger partial charge in [-0.3, -0.25) is 4.79 Å². The van der Waals surface area contributed by atoms with Crippen molar-refractivity contribution in [2.45, 2.75) is 12.8 Å². The van der Waals surface area contributed by atoms with Gasteiger partial charge in [0.15, 0.2) is 0 Å². The third-order valence-corrected chi connectivity index (χ3v) is 1.34. The van der Waals surface area contributed by atoms with E-state index in [0.29, 0.717) is 11.8 Å². The van der Waals surface area contributed by atoms with Crippen LogP contribution < -0.4 is 0 Å². The minimum Gasteiger partial charge on any atom is -0.476 e. The zero-order chi connectivity index (χ0) is 7.28. The van der Waals surface area contributed by atoms with E-state index in [-0.39, 0.29) is 6.42 Å². The highest BCUT2D eigenvalue weighted by molar-refractivity contribution is 9.09. The second kappa shape index (κ2) is 4.49. The molecule has 0 radical (unpaired) electrons. The molecule has 0 saturated heterocycles. The summed E-state index contributed by atoms with van der Waals surface area (Å²) in [5, 5.41) is 8.72. The fourth-order valence-corrected chi connectivity index (χ4v) is 0.615. The van der Waals surface area contributed by atoms with Crippen molar-refractivity contribution in [3.8, 4) is 0 Å². The Morgan fingerprint density at radius 2 is 2.00 bits per heavy atom. The summed E-state index contributed by atoms with van der Waals surface area (Å²) in [5.74, 6) is -2.05. The Bertz CT molecular complexity index is 121. The van der Waals surface area contributed by atoms with Crippen LogP contribution in [0.25, 0.3) is 0 Å². The average molecular weight is 195 g/mol. The molecule has 0 aromatic heterocycles. The van der Waals surface area contributed by atoms with Crippen LogP contribution in [0.2, 0.25) is 0 Å². The van der Waals surface area contributed by atoms with E-state index >= 15 is 0 Å². The maximum Gasteiger partial charge on any atom is 0.372 e. The number of ketones is 1. The first kappa shape index (κ1) is 8.62. The molecule has 0 bridgehead atoms. The Kier molecular flexibility index (Phi) is 4.30. The number of halogens is 1. The van der Waals surface area contributed by atoms with Crippen LogP contribution in [0.3, 0.4) is 0 Å². The maximum absolute atomic E-state index is 10.3. The predicted molar refractivity (Wildman–Crippen MR) is 35.7 cm³/mol. The van der Waals surface area contributed by atoms with Crippen molar-refractivity contribution in [1.29, 1.82) is 0 Å². The number of rotatable bonds is 4. The molecular weight excluding hydrogens is 188 g/mol. The summed E-state index contributed by atoms with van der Waals surface area (Å²) in [6, 6.07) is 0. The molecule has 0 aliphatic carbocycles. The van der Waals surface area contributed by atoms with E-state index in [1.54, 1.807) is 0 Å². The first-order valence-electron chi connectivity index (χ1n) is 2.50. The van der Waals surface area contributed by atoms with Crippen molar-refractivity contribution in [3.05, 3.63) is 0 Å². The summed E-state index contributed by atoms with van der Waals surface area (Å²) in [6.45, 7) is 0. The minimum absolute atomic E-state index is 0.126. The van der Waals surface area contributed by atoms with Gasteiger partial charge < -0.3 is 5.11 Å². The van der Waals surface area contributed by atoms with Gasteiger partial charge in [-0.25, -0.2) is 4.79 Å². The molecule has 0 aliphatic heterocycles. The van der Waals surface area contributed by atoms with Gasteiger partial charge in [-0.15, -0.1) is 0 Å². The van der Waals surface area contributed by atoms with Crippen molar-refractivity contribution < 1.29 is 14.7 Å². The molecular formula is C5H7BrO3. The lowest BCUT2D eigenvalue weighted by atomic mass is 10.2. The number of carbonyl (C=O) groups excluding carboxylic acids is 1. The second-order valence-electron chi connectivity index (χ2n) is 1.52. The molecule has 0 heterocycles. The van der Waals surface area contributed by atoms with E-state index in [4.69, 9.17) is 5.11 Å². The number of carboxylic acid groups (broad SMARTS) is 1. The molecule has 0 unspecified atom stereocenters. The van der Waals surface area contributed by atoms with E-state index in [2.05, 4.69) is 15.9 Å². The van der Waals surface area contributed by atoms with Gasteiger partial charge in [0.25, 0.3) is 0 Å². The lowest BCUT2D eigenvalue weighted by molar-refractivity contribution is -0.149. The van der Waals surface area contributed by atoms with E-state index < -0.39 is 11.8 Å². The average Bonchev–Trinajstić information content (AvgIpc) is 1.82. The van der Waals surface area contributed by atoms with Crippen LogP contribution in [0, 0.1) is 0 Å². The van der Waals surface area contributed by atoms with E-state index in [1.165, 1.54) is 0 Å². The summed E-state index contributed by atoms with van der Waals surface area (Å²) in [6.07, 6.45) is 0.714. The van der Waals surface area contributed by atoms with Gasteiger partial charge in [-0.1, -0.05) is 15.9 Å². The molecule has 0 fully saturated rings. The molecule has 0 atom stereocenters. The molecule has 1 N–H and O–H groups in total. The smallest absolute Gasteiger partial charge is 0.372 e. The zero-order valence-corrected chi connectivity index (χ0v) is 6.35. The van der Waals surface area contributed by atoms with Crippen LogP contribution in [-0.4, -0.2) is 22.2 Å². The van der Waals surface area contributed by atoms with Gasteiger partial charge in [0.1, 0.15) is 0 Å². The second-order valence-corrected chi connectivity index (χ2v) is 2.31. The van der Waals surface area contributed by atoms with Crippen LogP contribution >= 0.6 is 15.9 Å². The number of hydrogen-bond donors (Lipinski definition) is 1. The van der Waals surface area contributed by atoms with Crippen LogP contribution in [0.15, 0.2) is 0 Å². The quantitative estimate of drug-likeness (QED) is 0.533. The Hall–Kier alpha value is -0.380. The fourth-order valence-electron chi connectivity index (χ4n) is 0.334. The summed E-state index contributed by atoms with van der Waals surface area (Å²) in [4.78, 5) is 20.1. The lowest BCUT2D eigenvalue weighted by Gasteiger charge is -1.88. The molecule has 0 saturated carbocycles. The third kappa shape index (κ3) is 4.14. The Morgan fingerprint density at radius 3 is 2.33 bits per heavy atom. The van der Waals surface area contributed by atoms with Gasteiger partial charge in [0.05, 0.1) is 0 Å². The van der Waals surface area contributed by atoms with E-state index in [0.717, 1.165) is 0 Å². The maximum atomic E-state index is 10.3. The summed E-state index contributed by atoms with van der Waals surface area (Å²) in [7, 11) is 0. The Labute approximate surface area is 61.2 Å². The molecule has 52 valence electrons. The Balaban J connectivity index is 3.39. The first-order chi connectivity index (χ1) is 4.18. The molecule has 0 amide bonds. The third-order valence-electron chi connectivity index (χ3n) is 0.776. The van der Waals surface area contributed by atoms with Gasteiger partial charge in [0, 0.05) is 11.8 Å². The number of Topliss-reactive ketones (excluding diaryl/α,β-unsaturated/α-hetero) is 1. The molecule has 4 heteroatoms. The van der Waals surface area contributed by atoms with Crippen molar-refractivity contribution in [2.24, 2.45) is 0 Å². The highest BCUT2D eigenvalue weighted by Gasteiger charge is 2.08. The molecule has 9 heavy (non-hydrogen) atoms. The number of carbonyl (C=O) groups is 2. The van der Waals surface area contributed by atoms with Crippen LogP contribution in [0.5, 0.6) is 0 Å². The predicted octanol–water partition coefficient (Wildman–Crippen LogP) is 0.815. The number of carboxylic acids is 1. The van der Waals surface area contributed by atoms with E-state index in [1.807, 2.05) is 0 Å². The minimum atomic E-state index is -1.34. The van der Waals surface area contributed by atoms with Crippen LogP contribution in [-0.2, 0) is 9.59 Å². The lowest BCUT2D eigenvalue weighted by Crippen LogP contribution is -2.11. The van der Waals surface area contributed by atoms with Gasteiger partial charge in [0.2, 0.25) is 5.78 Å². The SMILES string of the molecule is O=C(O)C(=O)CCCBr. The summed E-state index contributed by atoms with van der Waals surface area (Å²) >= 11 is 3.08.